The summed E-state index contributed by atoms with van der Waals surface area (Å²) in [5, 5.41) is 0.585. The number of aromatic nitrogens is 1. The van der Waals surface area contributed by atoms with Gasteiger partial charge in [-0.05, 0) is 47.9 Å². The van der Waals surface area contributed by atoms with E-state index >= 15 is 0 Å². The second-order valence-corrected chi connectivity index (χ2v) is 9.87. The highest BCUT2D eigenvalue weighted by molar-refractivity contribution is 7.92. The second-order valence-electron chi connectivity index (χ2n) is 6.79. The lowest BCUT2D eigenvalue weighted by molar-refractivity contribution is 0.601. The molecule has 4 rings (SSSR count). The third-order valence-corrected chi connectivity index (χ3v) is 7.55. The Balaban J connectivity index is 1.70. The lowest BCUT2D eigenvalue weighted by Crippen LogP contribution is -2.15. The Hall–Kier alpha value is -2.61. The molecular formula is C22H19ClN2O3S2. The van der Waals surface area contributed by atoms with Gasteiger partial charge in [0.1, 0.15) is 0 Å². The van der Waals surface area contributed by atoms with Crippen LogP contribution < -0.4 is 9.60 Å². The van der Waals surface area contributed by atoms with E-state index in [-0.39, 0.29) is 9.77 Å². The first-order valence-corrected chi connectivity index (χ1v) is 12.0. The number of anilines is 1. The van der Waals surface area contributed by atoms with E-state index in [0.29, 0.717) is 33.9 Å². The number of rotatable bonds is 6. The molecule has 1 N–H and O–H groups in total. The third-order valence-electron chi connectivity index (χ3n) is 4.88. The summed E-state index contributed by atoms with van der Waals surface area (Å²) in [7, 11) is -3.78. The van der Waals surface area contributed by atoms with Gasteiger partial charge in [0.05, 0.1) is 27.3 Å². The van der Waals surface area contributed by atoms with Gasteiger partial charge in [-0.2, -0.15) is 0 Å². The molecule has 0 atom stereocenters. The molecule has 1 heterocycles. The predicted molar refractivity (Wildman–Crippen MR) is 123 cm³/mol. The van der Waals surface area contributed by atoms with Crippen LogP contribution in [-0.4, -0.2) is 13.0 Å². The van der Waals surface area contributed by atoms with Crippen LogP contribution in [0.25, 0.3) is 10.2 Å². The first-order chi connectivity index (χ1) is 14.4. The molecule has 30 heavy (non-hydrogen) atoms. The van der Waals surface area contributed by atoms with E-state index in [4.69, 9.17) is 11.6 Å². The van der Waals surface area contributed by atoms with Crippen molar-refractivity contribution in [2.24, 2.45) is 0 Å². The van der Waals surface area contributed by atoms with Crippen LogP contribution in [0.2, 0.25) is 5.02 Å². The molecule has 0 aliphatic heterocycles. The molecule has 0 aliphatic rings. The summed E-state index contributed by atoms with van der Waals surface area (Å²) < 4.78 is 30.7. The van der Waals surface area contributed by atoms with Crippen LogP contribution in [0, 0.1) is 0 Å². The average Bonchev–Trinajstić information content (AvgIpc) is 3.04. The zero-order valence-corrected chi connectivity index (χ0v) is 18.5. The number of para-hydroxylation sites is 1. The van der Waals surface area contributed by atoms with Crippen LogP contribution in [0.15, 0.2) is 76.4 Å². The minimum Gasteiger partial charge on any atom is -0.294 e. The Morgan fingerprint density at radius 1 is 1.00 bits per heavy atom. The summed E-state index contributed by atoms with van der Waals surface area (Å²) in [4.78, 5) is 12.5. The van der Waals surface area contributed by atoms with Crippen LogP contribution in [0.4, 0.5) is 5.69 Å². The fourth-order valence-corrected chi connectivity index (χ4v) is 5.62. The van der Waals surface area contributed by atoms with Crippen LogP contribution in [0.5, 0.6) is 0 Å². The van der Waals surface area contributed by atoms with Crippen molar-refractivity contribution in [3.8, 4) is 0 Å². The van der Waals surface area contributed by atoms with Gasteiger partial charge in [-0.3, -0.25) is 14.1 Å². The molecule has 0 bridgehead atoms. The number of benzene rings is 3. The molecule has 154 valence electrons. The predicted octanol–water partition coefficient (Wildman–Crippen LogP) is 5.13. The van der Waals surface area contributed by atoms with Gasteiger partial charge in [0.2, 0.25) is 0 Å². The minimum atomic E-state index is -3.78. The van der Waals surface area contributed by atoms with E-state index in [1.54, 1.807) is 34.9 Å². The Labute approximate surface area is 183 Å². The SMILES string of the molecule is CCc1ccccc1NS(=O)(=O)c1ccc2c(c1)sc(=O)n2Cc1ccccc1Cl. The summed E-state index contributed by atoms with van der Waals surface area (Å²) in [5.74, 6) is 0. The zero-order valence-electron chi connectivity index (χ0n) is 16.1. The van der Waals surface area contributed by atoms with Crippen molar-refractivity contribution in [2.75, 3.05) is 4.72 Å². The Morgan fingerprint density at radius 2 is 1.70 bits per heavy atom. The Kier molecular flexibility index (Phi) is 5.69. The molecule has 0 amide bonds. The first kappa shape index (κ1) is 20.7. The average molecular weight is 459 g/mol. The fourth-order valence-electron chi connectivity index (χ4n) is 3.29. The quantitative estimate of drug-likeness (QED) is 0.435. The highest BCUT2D eigenvalue weighted by Gasteiger charge is 2.18. The number of nitrogens with zero attached hydrogens (tertiary/aromatic N) is 1. The van der Waals surface area contributed by atoms with Gasteiger partial charge in [-0.1, -0.05) is 66.3 Å². The number of sulfonamides is 1. The third kappa shape index (κ3) is 4.01. The minimum absolute atomic E-state index is 0.118. The standard InChI is InChI=1S/C22H19ClN2O3S2/c1-2-15-7-4-6-10-19(15)24-30(27,28)17-11-12-20-21(13-17)29-22(26)25(20)14-16-8-3-5-9-18(16)23/h3-13,24H,2,14H2,1H3. The maximum Gasteiger partial charge on any atom is 0.308 e. The molecule has 1 aromatic heterocycles. The van der Waals surface area contributed by atoms with E-state index < -0.39 is 10.0 Å². The normalized spacial score (nSPS) is 11.7. The Morgan fingerprint density at radius 3 is 2.43 bits per heavy atom. The van der Waals surface area contributed by atoms with Crippen LogP contribution in [0.3, 0.4) is 0 Å². The molecule has 0 radical (unpaired) electrons. The molecule has 3 aromatic carbocycles. The first-order valence-electron chi connectivity index (χ1n) is 9.36. The molecule has 0 saturated heterocycles. The van der Waals surface area contributed by atoms with E-state index in [9.17, 15) is 13.2 Å². The summed E-state index contributed by atoms with van der Waals surface area (Å²) in [5.41, 5.74) is 2.98. The molecule has 4 aromatic rings. The fraction of sp³-hybridized carbons (Fsp3) is 0.136. The lowest BCUT2D eigenvalue weighted by Gasteiger charge is -2.12. The number of aryl methyl sites for hydroxylation is 1. The van der Waals surface area contributed by atoms with Crippen LogP contribution >= 0.6 is 22.9 Å². The highest BCUT2D eigenvalue weighted by Crippen LogP contribution is 2.26. The van der Waals surface area contributed by atoms with Crippen molar-refractivity contribution in [1.82, 2.24) is 4.57 Å². The summed E-state index contributed by atoms with van der Waals surface area (Å²) in [6, 6.07) is 19.4. The van der Waals surface area contributed by atoms with E-state index in [0.717, 1.165) is 22.5 Å². The maximum absolute atomic E-state index is 12.9. The highest BCUT2D eigenvalue weighted by atomic mass is 35.5. The van der Waals surface area contributed by atoms with Crippen molar-refractivity contribution in [1.29, 1.82) is 0 Å². The van der Waals surface area contributed by atoms with Gasteiger partial charge < -0.3 is 0 Å². The van der Waals surface area contributed by atoms with Crippen LogP contribution in [0.1, 0.15) is 18.1 Å². The summed E-state index contributed by atoms with van der Waals surface area (Å²) in [6.07, 6.45) is 0.713. The number of nitrogens with one attached hydrogen (secondary N) is 1. The van der Waals surface area contributed by atoms with Crippen molar-refractivity contribution in [3.05, 3.63) is 92.5 Å². The Bertz CT molecular complexity index is 1390. The largest absolute Gasteiger partial charge is 0.308 e. The van der Waals surface area contributed by atoms with Gasteiger partial charge in [0, 0.05) is 5.02 Å². The van der Waals surface area contributed by atoms with Crippen molar-refractivity contribution >= 4 is 48.9 Å². The molecule has 8 heteroatoms. The summed E-state index contributed by atoms with van der Waals surface area (Å²) >= 11 is 7.25. The molecule has 5 nitrogen and oxygen atoms in total. The maximum atomic E-state index is 12.9. The number of hydrogen-bond acceptors (Lipinski definition) is 4. The van der Waals surface area contributed by atoms with Crippen molar-refractivity contribution in [3.63, 3.8) is 0 Å². The lowest BCUT2D eigenvalue weighted by atomic mass is 10.1. The van der Waals surface area contributed by atoms with Gasteiger partial charge in [0.15, 0.2) is 0 Å². The molecular weight excluding hydrogens is 440 g/mol. The molecule has 0 saturated carbocycles. The molecule has 0 spiro atoms. The zero-order chi connectivity index (χ0) is 21.3. The smallest absolute Gasteiger partial charge is 0.294 e. The van der Waals surface area contributed by atoms with Crippen molar-refractivity contribution < 1.29 is 8.42 Å². The van der Waals surface area contributed by atoms with Gasteiger partial charge in [-0.25, -0.2) is 8.42 Å². The molecule has 0 fully saturated rings. The van der Waals surface area contributed by atoms with Gasteiger partial charge in [0.25, 0.3) is 10.0 Å². The topological polar surface area (TPSA) is 68.2 Å². The number of fused-ring (bicyclic) bond motifs is 1. The number of hydrogen-bond donors (Lipinski definition) is 1. The van der Waals surface area contributed by atoms with E-state index in [2.05, 4.69) is 4.72 Å². The van der Waals surface area contributed by atoms with E-state index in [1.165, 1.54) is 6.07 Å². The number of thiazole rings is 1. The monoisotopic (exact) mass is 458 g/mol. The molecule has 0 unspecified atom stereocenters. The van der Waals surface area contributed by atoms with E-state index in [1.807, 2.05) is 37.3 Å². The number of halogens is 1. The van der Waals surface area contributed by atoms with Gasteiger partial charge >= 0.3 is 4.87 Å². The summed E-state index contributed by atoms with van der Waals surface area (Å²) in [6.45, 7) is 2.30. The van der Waals surface area contributed by atoms with Gasteiger partial charge in [-0.15, -0.1) is 0 Å². The van der Waals surface area contributed by atoms with Crippen molar-refractivity contribution in [2.45, 2.75) is 24.8 Å². The second kappa shape index (κ2) is 8.26. The molecule has 0 aliphatic carbocycles. The van der Waals surface area contributed by atoms with Crippen LogP contribution in [-0.2, 0) is 23.0 Å².